The van der Waals surface area contributed by atoms with Crippen molar-refractivity contribution in [1.29, 1.82) is 0 Å². The smallest absolute Gasteiger partial charge is 0.138 e. The van der Waals surface area contributed by atoms with E-state index in [0.29, 0.717) is 15.8 Å². The summed E-state index contributed by atoms with van der Waals surface area (Å²) in [6.45, 7) is 2.86. The van der Waals surface area contributed by atoms with E-state index in [9.17, 15) is 0 Å². The molecule has 1 aromatic carbocycles. The number of nitrogens with one attached hydrogen (secondary N) is 1. The largest absolute Gasteiger partial charge is 0.496 e. The Morgan fingerprint density at radius 2 is 1.90 bits per heavy atom. The second-order valence-corrected chi connectivity index (χ2v) is 6.15. The molecule has 1 heterocycles. The lowest BCUT2D eigenvalue weighted by Gasteiger charge is -2.19. The van der Waals surface area contributed by atoms with Gasteiger partial charge < -0.3 is 14.8 Å². The third-order valence-electron chi connectivity index (χ3n) is 3.11. The predicted molar refractivity (Wildman–Crippen MR) is 89.4 cm³/mol. The summed E-state index contributed by atoms with van der Waals surface area (Å²) in [4.78, 5) is 1.12. The van der Waals surface area contributed by atoms with Crippen LogP contribution in [-0.2, 0) is 0 Å². The highest BCUT2D eigenvalue weighted by Gasteiger charge is 2.20. The molecule has 0 aliphatic heterocycles. The van der Waals surface area contributed by atoms with Gasteiger partial charge in [-0.3, -0.25) is 0 Å². The average molecular weight is 346 g/mol. The Balaban J connectivity index is 2.44. The van der Waals surface area contributed by atoms with Crippen LogP contribution >= 0.6 is 34.5 Å². The minimum Gasteiger partial charge on any atom is -0.496 e. The minimum absolute atomic E-state index is 0.0280. The first-order valence-electron chi connectivity index (χ1n) is 6.49. The summed E-state index contributed by atoms with van der Waals surface area (Å²) in [5.41, 5.74) is 0.925. The van der Waals surface area contributed by atoms with E-state index in [1.165, 1.54) is 0 Å². The number of ether oxygens (including phenoxy) is 2. The van der Waals surface area contributed by atoms with Crippen molar-refractivity contribution in [3.63, 3.8) is 0 Å². The van der Waals surface area contributed by atoms with Crippen molar-refractivity contribution in [1.82, 2.24) is 5.32 Å². The Morgan fingerprint density at radius 3 is 2.48 bits per heavy atom. The van der Waals surface area contributed by atoms with Crippen molar-refractivity contribution in [2.75, 3.05) is 20.8 Å². The molecule has 2 rings (SSSR count). The molecule has 6 heteroatoms. The molecule has 1 unspecified atom stereocenters. The van der Waals surface area contributed by atoms with Crippen LogP contribution in [0.4, 0.5) is 0 Å². The average Bonchev–Trinajstić information content (AvgIpc) is 2.95. The van der Waals surface area contributed by atoms with Gasteiger partial charge in [0.2, 0.25) is 0 Å². The second kappa shape index (κ2) is 7.36. The van der Waals surface area contributed by atoms with Crippen molar-refractivity contribution in [3.8, 4) is 11.5 Å². The summed E-state index contributed by atoms with van der Waals surface area (Å²) in [6, 6.07) is 5.57. The van der Waals surface area contributed by atoms with Crippen LogP contribution in [0, 0.1) is 0 Å². The van der Waals surface area contributed by atoms with Crippen molar-refractivity contribution in [3.05, 3.63) is 44.1 Å². The van der Waals surface area contributed by atoms with Crippen LogP contribution in [0.15, 0.2) is 23.6 Å². The molecule has 0 aliphatic rings. The van der Waals surface area contributed by atoms with Crippen LogP contribution in [0.2, 0.25) is 10.0 Å². The summed E-state index contributed by atoms with van der Waals surface area (Å²) >= 11 is 14.2. The molecule has 0 radical (unpaired) electrons. The highest BCUT2D eigenvalue weighted by molar-refractivity contribution is 7.10. The molecule has 21 heavy (non-hydrogen) atoms. The van der Waals surface area contributed by atoms with Crippen molar-refractivity contribution >= 4 is 34.5 Å². The zero-order chi connectivity index (χ0) is 15.4. The number of methoxy groups -OCH3 is 2. The Kier molecular flexibility index (Phi) is 5.76. The first-order valence-corrected chi connectivity index (χ1v) is 8.13. The third kappa shape index (κ3) is 3.64. The highest BCUT2D eigenvalue weighted by atomic mass is 35.5. The van der Waals surface area contributed by atoms with Gasteiger partial charge in [-0.25, -0.2) is 0 Å². The molecule has 1 N–H and O–H groups in total. The first-order chi connectivity index (χ1) is 10.1. The van der Waals surface area contributed by atoms with E-state index in [0.717, 1.165) is 22.7 Å². The third-order valence-corrected chi connectivity index (χ3v) is 4.70. The zero-order valence-corrected chi connectivity index (χ0v) is 14.4. The van der Waals surface area contributed by atoms with Gasteiger partial charge in [-0.2, -0.15) is 0 Å². The Morgan fingerprint density at radius 1 is 1.14 bits per heavy atom. The molecule has 1 atom stereocenters. The molecule has 2 aromatic rings. The maximum Gasteiger partial charge on any atom is 0.138 e. The van der Waals surface area contributed by atoms with Gasteiger partial charge in [0.25, 0.3) is 0 Å². The van der Waals surface area contributed by atoms with Crippen molar-refractivity contribution < 1.29 is 9.47 Å². The highest BCUT2D eigenvalue weighted by Crippen LogP contribution is 2.38. The Hall–Kier alpha value is -0.940. The van der Waals surface area contributed by atoms with E-state index in [4.69, 9.17) is 32.7 Å². The molecule has 0 aliphatic carbocycles. The lowest BCUT2D eigenvalue weighted by atomic mass is 10.0. The molecule has 0 bridgehead atoms. The van der Waals surface area contributed by atoms with E-state index in [-0.39, 0.29) is 6.04 Å². The van der Waals surface area contributed by atoms with Crippen LogP contribution in [-0.4, -0.2) is 20.8 Å². The van der Waals surface area contributed by atoms with Crippen LogP contribution in [0.3, 0.4) is 0 Å². The van der Waals surface area contributed by atoms with E-state index in [1.807, 2.05) is 17.5 Å². The van der Waals surface area contributed by atoms with Crippen LogP contribution in [0.5, 0.6) is 11.5 Å². The molecule has 0 saturated carbocycles. The van der Waals surface area contributed by atoms with Gasteiger partial charge in [-0.1, -0.05) is 30.1 Å². The van der Waals surface area contributed by atoms with E-state index in [2.05, 4.69) is 12.2 Å². The summed E-state index contributed by atoms with van der Waals surface area (Å²) in [7, 11) is 3.23. The van der Waals surface area contributed by atoms with Gasteiger partial charge in [0.1, 0.15) is 11.5 Å². The number of thiophene rings is 1. The summed E-state index contributed by atoms with van der Waals surface area (Å²) in [5.74, 6) is 1.41. The fourth-order valence-electron chi connectivity index (χ4n) is 2.08. The number of benzene rings is 1. The maximum absolute atomic E-state index is 6.40. The number of hydrogen-bond acceptors (Lipinski definition) is 4. The van der Waals surface area contributed by atoms with Gasteiger partial charge in [-0.15, -0.1) is 11.3 Å². The molecule has 114 valence electrons. The van der Waals surface area contributed by atoms with Gasteiger partial charge in [0.15, 0.2) is 0 Å². The van der Waals surface area contributed by atoms with Crippen molar-refractivity contribution in [2.45, 2.75) is 13.0 Å². The van der Waals surface area contributed by atoms with Gasteiger partial charge in [0, 0.05) is 21.3 Å². The Labute approximate surface area is 138 Å². The normalized spacial score (nSPS) is 12.2. The molecule has 1 aromatic heterocycles. The number of halogens is 2. The fourth-order valence-corrected chi connectivity index (χ4v) is 3.54. The predicted octanol–water partition coefficient (Wildman–Crippen LogP) is 4.77. The molecule has 0 fully saturated rings. The molecule has 0 amide bonds. The lowest BCUT2D eigenvalue weighted by molar-refractivity contribution is 0.414. The van der Waals surface area contributed by atoms with Gasteiger partial charge in [0.05, 0.1) is 25.3 Å². The minimum atomic E-state index is -0.0280. The number of rotatable bonds is 6. The standard InChI is InChI=1S/C15H17Cl2NO2S/c1-4-18-15(14-5-9(19-2)8-21-14)10-6-12(17)13(20-3)7-11(10)16/h5-8,15,18H,4H2,1-3H3. The first kappa shape index (κ1) is 16.4. The van der Waals surface area contributed by atoms with Crippen LogP contribution in [0.1, 0.15) is 23.4 Å². The summed E-state index contributed by atoms with van der Waals surface area (Å²) in [6.07, 6.45) is 0. The fraction of sp³-hybridized carbons (Fsp3) is 0.333. The summed E-state index contributed by atoms with van der Waals surface area (Å²) in [5, 5.41) is 6.56. The topological polar surface area (TPSA) is 30.5 Å². The van der Waals surface area contributed by atoms with E-state index >= 15 is 0 Å². The number of hydrogen-bond donors (Lipinski definition) is 1. The molecule has 3 nitrogen and oxygen atoms in total. The van der Waals surface area contributed by atoms with Gasteiger partial charge in [-0.05, 0) is 24.2 Å². The molecular weight excluding hydrogens is 329 g/mol. The summed E-state index contributed by atoms with van der Waals surface area (Å²) < 4.78 is 10.4. The zero-order valence-electron chi connectivity index (χ0n) is 12.1. The quantitative estimate of drug-likeness (QED) is 0.817. The Bertz CT molecular complexity index is 616. The molecule has 0 saturated heterocycles. The lowest BCUT2D eigenvalue weighted by Crippen LogP contribution is -2.21. The van der Waals surface area contributed by atoms with E-state index < -0.39 is 0 Å². The monoisotopic (exact) mass is 345 g/mol. The van der Waals surface area contributed by atoms with Crippen LogP contribution in [0.25, 0.3) is 0 Å². The van der Waals surface area contributed by atoms with Crippen molar-refractivity contribution in [2.24, 2.45) is 0 Å². The molecule has 0 spiro atoms. The van der Waals surface area contributed by atoms with Crippen LogP contribution < -0.4 is 14.8 Å². The SMILES string of the molecule is CCNC(c1cc(OC)cs1)c1cc(Cl)c(OC)cc1Cl. The maximum atomic E-state index is 6.40. The molecular formula is C15H17Cl2NO2S. The van der Waals surface area contributed by atoms with Gasteiger partial charge >= 0.3 is 0 Å². The second-order valence-electron chi connectivity index (χ2n) is 4.39. The van der Waals surface area contributed by atoms with E-state index in [1.54, 1.807) is 31.6 Å².